The molecule has 0 aliphatic carbocycles. The number of nitrogens with zero attached hydrogens (tertiary/aromatic N) is 2. The maximum Gasteiger partial charge on any atom is 0.407 e. The van der Waals surface area contributed by atoms with Gasteiger partial charge < -0.3 is 20.7 Å². The number of anilines is 3. The largest absolute Gasteiger partial charge is 0.444 e. The first-order valence-corrected chi connectivity index (χ1v) is 10.9. The summed E-state index contributed by atoms with van der Waals surface area (Å²) in [6.07, 6.45) is 1.17. The first-order chi connectivity index (χ1) is 15.1. The highest BCUT2D eigenvalue weighted by Crippen LogP contribution is 2.29. The van der Waals surface area contributed by atoms with Crippen molar-refractivity contribution < 1.29 is 14.3 Å². The van der Waals surface area contributed by atoms with Gasteiger partial charge in [0.05, 0.1) is 5.01 Å². The number of nitrogens with one attached hydrogen (secondary N) is 3. The maximum atomic E-state index is 12.8. The third-order valence-corrected chi connectivity index (χ3v) is 5.01. The Morgan fingerprint density at radius 1 is 1.09 bits per heavy atom. The van der Waals surface area contributed by atoms with E-state index >= 15 is 0 Å². The molecule has 0 unspecified atom stereocenters. The molecule has 8 nitrogen and oxygen atoms in total. The fourth-order valence-electron chi connectivity index (χ4n) is 2.86. The molecular weight excluding hydrogens is 426 g/mol. The molecule has 3 N–H and O–H groups in total. The number of aromatic nitrogens is 2. The predicted octanol–water partition coefficient (Wildman–Crippen LogP) is 5.18. The van der Waals surface area contributed by atoms with Crippen LogP contribution < -0.4 is 16.0 Å². The molecule has 2 amide bonds. The van der Waals surface area contributed by atoms with Crippen LogP contribution in [0.3, 0.4) is 0 Å². The minimum absolute atomic E-state index is 0.301. The normalized spacial score (nSPS) is 11.0. The number of rotatable bonds is 6. The average molecular weight is 454 g/mol. The van der Waals surface area contributed by atoms with Gasteiger partial charge in [0.2, 0.25) is 0 Å². The molecule has 0 aliphatic heterocycles. The molecule has 0 saturated heterocycles. The van der Waals surface area contributed by atoms with E-state index in [0.29, 0.717) is 22.9 Å². The van der Waals surface area contributed by atoms with E-state index in [9.17, 15) is 9.59 Å². The number of aryl methyl sites for hydroxylation is 2. The van der Waals surface area contributed by atoms with Crippen LogP contribution in [0.4, 0.5) is 21.2 Å². The molecule has 1 aromatic carbocycles. The lowest BCUT2D eigenvalue weighted by atomic mass is 10.2. The van der Waals surface area contributed by atoms with Crippen LogP contribution in [-0.4, -0.2) is 27.6 Å². The molecule has 3 aromatic rings. The van der Waals surface area contributed by atoms with Crippen molar-refractivity contribution in [3.05, 3.63) is 64.6 Å². The van der Waals surface area contributed by atoms with Crippen molar-refractivity contribution in [2.24, 2.45) is 0 Å². The summed E-state index contributed by atoms with van der Waals surface area (Å²) in [5.74, 6) is -0.301. The fourth-order valence-corrected chi connectivity index (χ4v) is 3.69. The van der Waals surface area contributed by atoms with E-state index in [1.54, 1.807) is 18.3 Å². The second-order valence-electron chi connectivity index (χ2n) is 8.23. The Bertz CT molecular complexity index is 1120. The van der Waals surface area contributed by atoms with Gasteiger partial charge in [-0.3, -0.25) is 9.78 Å². The summed E-state index contributed by atoms with van der Waals surface area (Å²) in [5.41, 5.74) is 2.91. The van der Waals surface area contributed by atoms with Gasteiger partial charge in [0, 0.05) is 29.8 Å². The Morgan fingerprint density at radius 3 is 2.59 bits per heavy atom. The number of hydrogen-bond donors (Lipinski definition) is 3. The van der Waals surface area contributed by atoms with Crippen molar-refractivity contribution in [2.45, 2.75) is 46.8 Å². The number of pyridine rings is 1. The summed E-state index contributed by atoms with van der Waals surface area (Å²) in [6.45, 7) is 9.48. The molecule has 0 radical (unpaired) electrons. The van der Waals surface area contributed by atoms with Crippen LogP contribution in [0.1, 0.15) is 47.5 Å². The molecule has 32 heavy (non-hydrogen) atoms. The first-order valence-electron chi connectivity index (χ1n) is 10.1. The molecule has 0 spiro atoms. The summed E-state index contributed by atoms with van der Waals surface area (Å²) in [4.78, 5) is 33.3. The third-order valence-electron chi connectivity index (χ3n) is 4.12. The number of alkyl carbamates (subject to hydrolysis) is 1. The molecule has 3 rings (SSSR count). The van der Waals surface area contributed by atoms with Crippen molar-refractivity contribution in [1.82, 2.24) is 15.3 Å². The van der Waals surface area contributed by atoms with Gasteiger partial charge in [-0.15, -0.1) is 11.3 Å². The number of benzene rings is 1. The lowest BCUT2D eigenvalue weighted by Gasteiger charge is -2.19. The zero-order valence-electron chi connectivity index (χ0n) is 18.8. The van der Waals surface area contributed by atoms with Crippen molar-refractivity contribution in [2.75, 3.05) is 10.6 Å². The second-order valence-corrected chi connectivity index (χ2v) is 9.43. The Hall–Kier alpha value is -3.46. The Balaban J connectivity index is 1.69. The number of ether oxygens (including phenoxy) is 1. The van der Waals surface area contributed by atoms with Crippen LogP contribution in [0.15, 0.2) is 42.6 Å². The van der Waals surface area contributed by atoms with Crippen molar-refractivity contribution in [1.29, 1.82) is 0 Å². The van der Waals surface area contributed by atoms with Gasteiger partial charge in [0.25, 0.3) is 5.91 Å². The monoisotopic (exact) mass is 453 g/mol. The summed E-state index contributed by atoms with van der Waals surface area (Å²) >= 11 is 1.40. The molecule has 0 atom stereocenters. The zero-order valence-corrected chi connectivity index (χ0v) is 19.6. The zero-order chi connectivity index (χ0) is 23.3. The van der Waals surface area contributed by atoms with Gasteiger partial charge in [-0.1, -0.05) is 12.1 Å². The SMILES string of the molecule is Cc1cc(NC(=O)c2nc(C)sc2Nc2cccc(CNC(=O)OC(C)(C)C)c2)ccn1. The Labute approximate surface area is 191 Å². The average Bonchev–Trinajstić information content (AvgIpc) is 3.05. The molecule has 9 heteroatoms. The van der Waals surface area contributed by atoms with E-state index in [-0.39, 0.29) is 5.91 Å². The summed E-state index contributed by atoms with van der Waals surface area (Å²) in [5, 5.41) is 10.3. The molecule has 0 aliphatic rings. The van der Waals surface area contributed by atoms with Crippen LogP contribution >= 0.6 is 11.3 Å². The molecular formula is C23H27N5O3S. The second kappa shape index (κ2) is 9.78. The minimum atomic E-state index is -0.552. The molecule has 2 aromatic heterocycles. The molecule has 0 bridgehead atoms. The maximum absolute atomic E-state index is 12.8. The van der Waals surface area contributed by atoms with Crippen LogP contribution in [0.2, 0.25) is 0 Å². The molecule has 2 heterocycles. The molecule has 0 fully saturated rings. The minimum Gasteiger partial charge on any atom is -0.444 e. The first kappa shape index (κ1) is 23.2. The van der Waals surface area contributed by atoms with E-state index in [2.05, 4.69) is 25.9 Å². The van der Waals surface area contributed by atoms with E-state index < -0.39 is 11.7 Å². The van der Waals surface area contributed by atoms with Gasteiger partial charge in [-0.25, -0.2) is 9.78 Å². The number of carbonyl (C=O) groups is 2. The third kappa shape index (κ3) is 6.78. The lowest BCUT2D eigenvalue weighted by Crippen LogP contribution is -2.32. The summed E-state index contributed by atoms with van der Waals surface area (Å²) in [6, 6.07) is 11.1. The van der Waals surface area contributed by atoms with Crippen LogP contribution in [0.25, 0.3) is 0 Å². The van der Waals surface area contributed by atoms with Gasteiger partial charge in [0.1, 0.15) is 10.6 Å². The van der Waals surface area contributed by atoms with Gasteiger partial charge in [-0.05, 0) is 64.4 Å². The number of hydrogen-bond acceptors (Lipinski definition) is 7. The summed E-state index contributed by atoms with van der Waals surface area (Å²) < 4.78 is 5.27. The van der Waals surface area contributed by atoms with E-state index in [0.717, 1.165) is 22.0 Å². The Morgan fingerprint density at radius 2 is 1.88 bits per heavy atom. The van der Waals surface area contributed by atoms with Crippen molar-refractivity contribution in [3.8, 4) is 0 Å². The quantitative estimate of drug-likeness (QED) is 0.475. The highest BCUT2D eigenvalue weighted by atomic mass is 32.1. The predicted molar refractivity (Wildman–Crippen MR) is 127 cm³/mol. The van der Waals surface area contributed by atoms with Crippen LogP contribution in [0.5, 0.6) is 0 Å². The fraction of sp³-hybridized carbons (Fsp3) is 0.304. The topological polar surface area (TPSA) is 105 Å². The number of carbonyl (C=O) groups excluding carboxylic acids is 2. The van der Waals surface area contributed by atoms with Crippen molar-refractivity contribution in [3.63, 3.8) is 0 Å². The van der Waals surface area contributed by atoms with Crippen molar-refractivity contribution >= 4 is 39.7 Å². The summed E-state index contributed by atoms with van der Waals surface area (Å²) in [7, 11) is 0. The van der Waals surface area contributed by atoms with Gasteiger partial charge in [-0.2, -0.15) is 0 Å². The van der Waals surface area contributed by atoms with Crippen LogP contribution in [0, 0.1) is 13.8 Å². The smallest absolute Gasteiger partial charge is 0.407 e. The number of amides is 2. The van der Waals surface area contributed by atoms with E-state index in [1.807, 2.05) is 58.9 Å². The highest BCUT2D eigenvalue weighted by molar-refractivity contribution is 7.16. The lowest BCUT2D eigenvalue weighted by molar-refractivity contribution is 0.0523. The van der Waals surface area contributed by atoms with Crippen LogP contribution in [-0.2, 0) is 11.3 Å². The standard InChI is InChI=1S/C23H27N5O3S/c1-14-11-18(9-10-24-14)27-20(29)19-21(32-15(2)26-19)28-17-8-6-7-16(12-17)13-25-22(30)31-23(3,4)5/h6-12,28H,13H2,1-5H3,(H,25,30)(H,24,27,29). The Kier molecular flexibility index (Phi) is 7.09. The van der Waals surface area contributed by atoms with E-state index in [4.69, 9.17) is 4.74 Å². The highest BCUT2D eigenvalue weighted by Gasteiger charge is 2.18. The number of thiazole rings is 1. The molecule has 168 valence electrons. The van der Waals surface area contributed by atoms with Gasteiger partial charge in [0.15, 0.2) is 5.69 Å². The van der Waals surface area contributed by atoms with Gasteiger partial charge >= 0.3 is 6.09 Å². The van der Waals surface area contributed by atoms with E-state index in [1.165, 1.54) is 11.3 Å². The molecule has 0 saturated carbocycles.